The van der Waals surface area contributed by atoms with E-state index in [1.54, 1.807) is 0 Å². The third-order valence-electron chi connectivity index (χ3n) is 19.5. The third kappa shape index (κ3) is 6.52. The molecule has 3 atom stereocenters. The van der Waals surface area contributed by atoms with Gasteiger partial charge in [0.25, 0.3) is 0 Å². The average molecular weight is 1070 g/mol. The van der Waals surface area contributed by atoms with Crippen LogP contribution in [-0.2, 0) is 10.8 Å². The number of benzene rings is 10. The van der Waals surface area contributed by atoms with Crippen molar-refractivity contribution >= 4 is 44.6 Å². The minimum Gasteiger partial charge on any atom is -0.309 e. The normalized spacial score (nSPS) is 18.9. The molecular formula is C79H55N5. The van der Waals surface area contributed by atoms with Gasteiger partial charge in [0.2, 0.25) is 5.95 Å². The van der Waals surface area contributed by atoms with Crippen LogP contribution < -0.4 is 4.90 Å². The molecule has 3 heterocycles. The molecule has 1 aliphatic heterocycles. The second-order valence-corrected chi connectivity index (χ2v) is 24.1. The molecule has 0 amide bonds. The molecule has 396 valence electrons. The highest BCUT2D eigenvalue weighted by atomic mass is 15.3. The molecule has 84 heavy (non-hydrogen) atoms. The summed E-state index contributed by atoms with van der Waals surface area (Å²) in [5, 5.41) is 2.50. The lowest BCUT2D eigenvalue weighted by Crippen LogP contribution is -2.43. The lowest BCUT2D eigenvalue weighted by atomic mass is 9.63. The molecule has 5 heteroatoms. The molecular weight excluding hydrogens is 1020 g/mol. The first-order chi connectivity index (χ1) is 41.4. The molecule has 5 nitrogen and oxygen atoms in total. The number of anilines is 2. The van der Waals surface area contributed by atoms with Crippen molar-refractivity contribution in [3.05, 3.63) is 311 Å². The van der Waals surface area contributed by atoms with Crippen molar-refractivity contribution in [1.82, 2.24) is 19.5 Å². The number of nitrogens with zero attached hydrogens (tertiary/aromatic N) is 5. The minimum atomic E-state index is -0.505. The highest BCUT2D eigenvalue weighted by Crippen LogP contribution is 2.68. The zero-order valence-corrected chi connectivity index (χ0v) is 46.6. The minimum absolute atomic E-state index is 0.0441. The van der Waals surface area contributed by atoms with E-state index in [4.69, 9.17) is 15.0 Å². The van der Waals surface area contributed by atoms with E-state index in [0.29, 0.717) is 17.6 Å². The van der Waals surface area contributed by atoms with Crippen LogP contribution in [0.2, 0.25) is 0 Å². The smallest absolute Gasteiger partial charge is 0.234 e. The molecule has 1 spiro atoms. The van der Waals surface area contributed by atoms with Gasteiger partial charge in [-0.3, -0.25) is 0 Å². The molecule has 12 aromatic rings. The Labute approximate surface area is 488 Å². The number of rotatable bonds is 6. The molecule has 5 aliphatic carbocycles. The number of allylic oxidation sites excluding steroid dienone is 6. The van der Waals surface area contributed by atoms with Gasteiger partial charge < -0.3 is 9.47 Å². The van der Waals surface area contributed by atoms with E-state index in [0.717, 1.165) is 46.5 Å². The topological polar surface area (TPSA) is 46.8 Å². The van der Waals surface area contributed by atoms with Crippen LogP contribution in [0.1, 0.15) is 71.6 Å². The molecule has 2 aromatic heterocycles. The van der Waals surface area contributed by atoms with Crippen LogP contribution in [0.3, 0.4) is 0 Å². The predicted octanol–water partition coefficient (Wildman–Crippen LogP) is 19.0. The van der Waals surface area contributed by atoms with Crippen molar-refractivity contribution in [2.75, 3.05) is 4.90 Å². The van der Waals surface area contributed by atoms with E-state index in [9.17, 15) is 0 Å². The van der Waals surface area contributed by atoms with Gasteiger partial charge in [-0.2, -0.15) is 9.97 Å². The fraction of sp³-hybridized carbons (Fsp3) is 0.101. The third-order valence-corrected chi connectivity index (χ3v) is 19.5. The molecule has 0 fully saturated rings. The first kappa shape index (κ1) is 47.4. The maximum absolute atomic E-state index is 5.69. The Morgan fingerprint density at radius 2 is 1.05 bits per heavy atom. The Hall–Kier alpha value is -10.2. The van der Waals surface area contributed by atoms with Crippen molar-refractivity contribution in [2.45, 2.75) is 49.5 Å². The quantitative estimate of drug-likeness (QED) is 0.166. The van der Waals surface area contributed by atoms with Crippen LogP contribution in [0.5, 0.6) is 0 Å². The van der Waals surface area contributed by atoms with Gasteiger partial charge in [-0.1, -0.05) is 220 Å². The van der Waals surface area contributed by atoms with E-state index in [-0.39, 0.29) is 17.4 Å². The average Bonchev–Trinajstić information content (AvgIpc) is 1.59. The largest absolute Gasteiger partial charge is 0.309 e. The number of hydrogen-bond donors (Lipinski definition) is 0. The zero-order chi connectivity index (χ0) is 55.4. The predicted molar refractivity (Wildman–Crippen MR) is 344 cm³/mol. The van der Waals surface area contributed by atoms with Gasteiger partial charge in [-0.25, -0.2) is 4.98 Å². The molecule has 0 N–H and O–H groups in total. The molecule has 18 rings (SSSR count). The second-order valence-electron chi connectivity index (χ2n) is 24.1. The summed E-state index contributed by atoms with van der Waals surface area (Å²) in [5.41, 5.74) is 28.1. The lowest BCUT2D eigenvalue weighted by Gasteiger charge is -2.42. The highest BCUT2D eigenvalue weighted by Gasteiger charge is 2.60. The van der Waals surface area contributed by atoms with Crippen LogP contribution >= 0.6 is 0 Å². The summed E-state index contributed by atoms with van der Waals surface area (Å²) in [4.78, 5) is 19.2. The molecule has 0 saturated carbocycles. The van der Waals surface area contributed by atoms with E-state index in [1.807, 2.05) is 0 Å². The van der Waals surface area contributed by atoms with E-state index >= 15 is 0 Å². The summed E-state index contributed by atoms with van der Waals surface area (Å²) in [6.45, 7) is 4.75. The fourth-order valence-electron chi connectivity index (χ4n) is 15.9. The standard InChI is InChI=1S/C79H55N5/c1-78(2)65-33-16-12-32-58(65)61-46-64-63-45-52(37-41-70(63)83(72(64)47-69(61)78)54-27-10-5-11-28-54)51-38-42-71-62(44-51)60-40-39-59-57-31-15-19-36-68(57)79(66-34-17-13-29-55(66)56-30-14-18-35-67(56)79)73(59)74(60)84(71)77-81-75(49-23-8-4-9-24-49)80-76(82-77)53-26-20-25-50(43-53)48-21-6-3-7-22-48/h3-17,19-34,36-47,60,74H,18,35H2,1-2H3. The van der Waals surface area contributed by atoms with Crippen LogP contribution in [0, 0.1) is 0 Å². The molecule has 0 bridgehead atoms. The zero-order valence-electron chi connectivity index (χ0n) is 46.6. The first-order valence-electron chi connectivity index (χ1n) is 29.6. The SMILES string of the molecule is CC1(C)c2ccccc2-c2cc3c4cc(-c5ccc6c(c5)C5C=CC7=C(C5N6c5nc(-c6ccccc6)nc(-c6cccc(-c8ccccc8)c6)n5)C5(C6=C(C=CCC6)c6ccccc65)c5ccccc57)ccc4n(-c4ccccc4)c3cc21. The maximum atomic E-state index is 5.69. The van der Waals surface area contributed by atoms with Crippen molar-refractivity contribution in [3.8, 4) is 61.8 Å². The fourth-order valence-corrected chi connectivity index (χ4v) is 15.9. The molecule has 0 saturated heterocycles. The monoisotopic (exact) mass is 1070 g/mol. The Bertz CT molecular complexity index is 4930. The summed E-state index contributed by atoms with van der Waals surface area (Å²) in [5.74, 6) is 1.87. The summed E-state index contributed by atoms with van der Waals surface area (Å²) >= 11 is 0. The first-order valence-corrected chi connectivity index (χ1v) is 29.6. The van der Waals surface area contributed by atoms with Gasteiger partial charge in [-0.05, 0) is 162 Å². The lowest BCUT2D eigenvalue weighted by molar-refractivity contribution is 0.588. The number of fused-ring (bicyclic) bond motifs is 18. The van der Waals surface area contributed by atoms with Crippen LogP contribution in [-0.4, -0.2) is 25.6 Å². The van der Waals surface area contributed by atoms with Crippen molar-refractivity contribution in [1.29, 1.82) is 0 Å². The molecule has 6 aliphatic rings. The van der Waals surface area contributed by atoms with Crippen LogP contribution in [0.25, 0.3) is 94.8 Å². The van der Waals surface area contributed by atoms with Gasteiger partial charge in [0.1, 0.15) is 0 Å². The van der Waals surface area contributed by atoms with Gasteiger partial charge in [-0.15, -0.1) is 0 Å². The van der Waals surface area contributed by atoms with Gasteiger partial charge >= 0.3 is 0 Å². The van der Waals surface area contributed by atoms with Crippen molar-refractivity contribution < 1.29 is 0 Å². The van der Waals surface area contributed by atoms with Gasteiger partial charge in [0.05, 0.1) is 22.5 Å². The summed E-state index contributed by atoms with van der Waals surface area (Å²) in [6.07, 6.45) is 11.7. The van der Waals surface area contributed by atoms with Crippen molar-refractivity contribution in [3.63, 3.8) is 0 Å². The number of aromatic nitrogens is 4. The molecule has 10 aromatic carbocycles. The van der Waals surface area contributed by atoms with E-state index in [1.165, 1.54) is 105 Å². The van der Waals surface area contributed by atoms with Gasteiger partial charge in [0.15, 0.2) is 11.6 Å². The summed E-state index contributed by atoms with van der Waals surface area (Å²) in [7, 11) is 0. The molecule has 0 radical (unpaired) electrons. The van der Waals surface area contributed by atoms with Crippen LogP contribution in [0.15, 0.2) is 272 Å². The number of para-hydroxylation sites is 1. The Balaban J connectivity index is 0.871. The highest BCUT2D eigenvalue weighted by molar-refractivity contribution is 6.13. The Morgan fingerprint density at radius 1 is 0.440 bits per heavy atom. The summed E-state index contributed by atoms with van der Waals surface area (Å²) < 4.78 is 2.47. The van der Waals surface area contributed by atoms with Crippen LogP contribution in [0.4, 0.5) is 11.6 Å². The van der Waals surface area contributed by atoms with Crippen molar-refractivity contribution in [2.24, 2.45) is 0 Å². The maximum Gasteiger partial charge on any atom is 0.234 e. The Kier molecular flexibility index (Phi) is 9.96. The van der Waals surface area contributed by atoms with Gasteiger partial charge in [0, 0.05) is 44.6 Å². The van der Waals surface area contributed by atoms with E-state index in [2.05, 4.69) is 284 Å². The van der Waals surface area contributed by atoms with E-state index < -0.39 is 5.41 Å². The second kappa shape index (κ2) is 17.6. The summed E-state index contributed by atoms with van der Waals surface area (Å²) in [6, 6.07) is 87.2. The number of hydrogen-bond acceptors (Lipinski definition) is 4. The Morgan fingerprint density at radius 3 is 1.82 bits per heavy atom. The molecule has 3 unspecified atom stereocenters.